The molecule has 172 valence electrons. The highest BCUT2D eigenvalue weighted by Gasteiger charge is 2.33. The van der Waals surface area contributed by atoms with Gasteiger partial charge in [0.2, 0.25) is 10.0 Å². The fourth-order valence-corrected chi connectivity index (χ4v) is 5.35. The van der Waals surface area contributed by atoms with Gasteiger partial charge in [-0.1, -0.05) is 0 Å². The number of anilines is 1. The van der Waals surface area contributed by atoms with E-state index in [1.807, 2.05) is 6.07 Å². The first-order valence-electron chi connectivity index (χ1n) is 10.3. The van der Waals surface area contributed by atoms with Gasteiger partial charge in [-0.05, 0) is 49.2 Å². The molecule has 0 radical (unpaired) electrons. The van der Waals surface area contributed by atoms with Crippen molar-refractivity contribution in [2.24, 2.45) is 0 Å². The van der Waals surface area contributed by atoms with E-state index in [1.165, 1.54) is 4.31 Å². The molecule has 11 heteroatoms. The number of carbonyl (C=O) groups is 1. The number of alkyl halides is 3. The first-order chi connectivity index (χ1) is 15.2. The van der Waals surface area contributed by atoms with Crippen molar-refractivity contribution in [3.05, 3.63) is 53.7 Å². The average Bonchev–Trinajstić information content (AvgIpc) is 3.33. The number of benzene rings is 1. The quantitative estimate of drug-likeness (QED) is 0.690. The van der Waals surface area contributed by atoms with Gasteiger partial charge in [-0.2, -0.15) is 17.5 Å². The van der Waals surface area contributed by atoms with Crippen LogP contribution in [0.15, 0.2) is 47.5 Å². The topological polar surface area (TPSA) is 73.8 Å². The van der Waals surface area contributed by atoms with E-state index in [4.69, 9.17) is 0 Å². The minimum atomic E-state index is -4.53. The number of aromatic nitrogens is 1. The molecule has 7 nitrogen and oxygen atoms in total. The highest BCUT2D eigenvalue weighted by Crippen LogP contribution is 2.30. The van der Waals surface area contributed by atoms with Gasteiger partial charge >= 0.3 is 6.18 Å². The van der Waals surface area contributed by atoms with Crippen molar-refractivity contribution in [1.82, 2.24) is 14.2 Å². The maximum atomic E-state index is 12.8. The third-order valence-corrected chi connectivity index (χ3v) is 7.68. The van der Waals surface area contributed by atoms with Crippen molar-refractivity contribution in [3.8, 4) is 0 Å². The second-order valence-electron chi connectivity index (χ2n) is 7.82. The van der Waals surface area contributed by atoms with Crippen molar-refractivity contribution in [2.45, 2.75) is 23.9 Å². The molecular weight excluding hydrogens is 445 g/mol. The molecule has 1 aromatic heterocycles. The van der Waals surface area contributed by atoms with E-state index >= 15 is 0 Å². The van der Waals surface area contributed by atoms with E-state index in [9.17, 15) is 26.4 Å². The number of carbonyl (C=O) groups excluding carboxylic acids is 1. The Morgan fingerprint density at radius 1 is 0.875 bits per heavy atom. The van der Waals surface area contributed by atoms with Gasteiger partial charge in [0, 0.05) is 45.5 Å². The summed E-state index contributed by atoms with van der Waals surface area (Å²) in [6, 6.07) is 6.99. The number of hydrogen-bond acceptors (Lipinski definition) is 5. The van der Waals surface area contributed by atoms with E-state index in [2.05, 4.69) is 9.88 Å². The van der Waals surface area contributed by atoms with E-state index in [0.29, 0.717) is 5.56 Å². The van der Waals surface area contributed by atoms with Crippen molar-refractivity contribution < 1.29 is 26.4 Å². The van der Waals surface area contributed by atoms with Gasteiger partial charge in [0.15, 0.2) is 0 Å². The molecule has 32 heavy (non-hydrogen) atoms. The van der Waals surface area contributed by atoms with Crippen molar-refractivity contribution >= 4 is 21.7 Å². The summed E-state index contributed by atoms with van der Waals surface area (Å²) in [7, 11) is -3.94. The summed E-state index contributed by atoms with van der Waals surface area (Å²) < 4.78 is 64.9. The number of hydrogen-bond donors (Lipinski definition) is 0. The van der Waals surface area contributed by atoms with Gasteiger partial charge in [0.05, 0.1) is 16.0 Å². The highest BCUT2D eigenvalue weighted by atomic mass is 32.2. The molecular formula is C21H23F3N4O3S. The Morgan fingerprint density at radius 3 is 2.03 bits per heavy atom. The first kappa shape index (κ1) is 22.5. The monoisotopic (exact) mass is 468 g/mol. The molecule has 0 N–H and O–H groups in total. The molecule has 0 saturated carbocycles. The van der Waals surface area contributed by atoms with E-state index in [0.717, 1.165) is 56.0 Å². The lowest BCUT2D eigenvalue weighted by molar-refractivity contribution is -0.137. The van der Waals surface area contributed by atoms with E-state index in [-0.39, 0.29) is 37.0 Å². The van der Waals surface area contributed by atoms with Crippen LogP contribution in [0.25, 0.3) is 0 Å². The predicted molar refractivity (Wildman–Crippen MR) is 112 cm³/mol. The van der Waals surface area contributed by atoms with Gasteiger partial charge in [0.1, 0.15) is 5.82 Å². The van der Waals surface area contributed by atoms with Crippen LogP contribution < -0.4 is 4.90 Å². The zero-order valence-electron chi connectivity index (χ0n) is 17.3. The minimum Gasteiger partial charge on any atom is -0.357 e. The molecule has 0 atom stereocenters. The normalized spacial score (nSPS) is 18.2. The third-order valence-electron chi connectivity index (χ3n) is 5.77. The van der Waals surface area contributed by atoms with E-state index in [1.54, 1.807) is 17.2 Å². The minimum absolute atomic E-state index is 0.0639. The molecule has 0 unspecified atom stereocenters. The number of sulfonamides is 1. The molecule has 1 aromatic carbocycles. The Kier molecular flexibility index (Phi) is 6.13. The summed E-state index contributed by atoms with van der Waals surface area (Å²) in [4.78, 5) is 20.7. The number of rotatable bonds is 4. The third kappa shape index (κ3) is 4.58. The Morgan fingerprint density at radius 2 is 1.50 bits per heavy atom. The Hall–Kier alpha value is -2.66. The van der Waals surface area contributed by atoms with Crippen LogP contribution >= 0.6 is 0 Å². The maximum absolute atomic E-state index is 12.8. The predicted octanol–water partition coefficient (Wildman–Crippen LogP) is 2.85. The van der Waals surface area contributed by atoms with Crippen LogP contribution in [-0.4, -0.2) is 67.8 Å². The molecule has 2 fully saturated rings. The molecule has 0 aliphatic carbocycles. The summed E-state index contributed by atoms with van der Waals surface area (Å²) in [5.74, 6) is 0.614. The second-order valence-corrected chi connectivity index (χ2v) is 9.76. The Labute approximate surface area is 184 Å². The lowest BCUT2D eigenvalue weighted by atomic mass is 10.2. The smallest absolute Gasteiger partial charge is 0.357 e. The SMILES string of the molecule is O=C(c1ccc(N2CCCC2)nc1)N1CCN(S(=O)(=O)c2ccc(C(F)(F)F)cc2)CC1. The number of halogens is 3. The summed E-state index contributed by atoms with van der Waals surface area (Å²) >= 11 is 0. The number of pyridine rings is 1. The standard InChI is InChI=1S/C21H23F3N4O3S/c22-21(23,24)17-4-6-18(7-5-17)32(30,31)28-13-11-27(12-14-28)20(29)16-3-8-19(25-15-16)26-9-1-2-10-26/h3-8,15H,1-2,9-14H2. The van der Waals surface area contributed by atoms with Crippen LogP contribution in [0.3, 0.4) is 0 Å². The second kappa shape index (κ2) is 8.70. The van der Waals surface area contributed by atoms with Gasteiger partial charge in [-0.3, -0.25) is 4.79 Å². The average molecular weight is 469 g/mol. The van der Waals surface area contributed by atoms with Crippen molar-refractivity contribution in [1.29, 1.82) is 0 Å². The van der Waals surface area contributed by atoms with Crippen molar-refractivity contribution in [2.75, 3.05) is 44.2 Å². The maximum Gasteiger partial charge on any atom is 0.416 e. The molecule has 2 saturated heterocycles. The Bertz CT molecular complexity index is 1060. The zero-order valence-corrected chi connectivity index (χ0v) is 18.1. The van der Waals surface area contributed by atoms with Crippen molar-refractivity contribution in [3.63, 3.8) is 0 Å². The van der Waals surface area contributed by atoms with Gasteiger partial charge in [0.25, 0.3) is 5.91 Å². The van der Waals surface area contributed by atoms with Crippen LogP contribution in [0.4, 0.5) is 19.0 Å². The summed E-state index contributed by atoms with van der Waals surface area (Å²) in [5.41, 5.74) is -0.469. The van der Waals surface area contributed by atoms with Crippen LogP contribution in [-0.2, 0) is 16.2 Å². The van der Waals surface area contributed by atoms with Gasteiger partial charge < -0.3 is 9.80 Å². The fourth-order valence-electron chi connectivity index (χ4n) is 3.92. The zero-order chi connectivity index (χ0) is 22.9. The molecule has 1 amide bonds. The molecule has 2 aliphatic heterocycles. The first-order valence-corrected chi connectivity index (χ1v) is 11.8. The van der Waals surface area contributed by atoms with Crippen LogP contribution in [0, 0.1) is 0 Å². The molecule has 0 bridgehead atoms. The molecule has 3 heterocycles. The van der Waals surface area contributed by atoms with Crippen LogP contribution in [0.5, 0.6) is 0 Å². The molecule has 2 aromatic rings. The van der Waals surface area contributed by atoms with Gasteiger partial charge in [-0.25, -0.2) is 13.4 Å². The molecule has 2 aliphatic rings. The molecule has 0 spiro atoms. The summed E-state index contributed by atoms with van der Waals surface area (Å²) in [6.07, 6.45) is -0.735. The number of nitrogens with zero attached hydrogens (tertiary/aromatic N) is 4. The Balaban J connectivity index is 1.38. The van der Waals surface area contributed by atoms with Crippen LogP contribution in [0.2, 0.25) is 0 Å². The van der Waals surface area contributed by atoms with Crippen LogP contribution in [0.1, 0.15) is 28.8 Å². The largest absolute Gasteiger partial charge is 0.416 e. The fraction of sp³-hybridized carbons (Fsp3) is 0.429. The van der Waals surface area contributed by atoms with E-state index < -0.39 is 21.8 Å². The number of piperazine rings is 1. The van der Waals surface area contributed by atoms with Gasteiger partial charge in [-0.15, -0.1) is 0 Å². The summed E-state index contributed by atoms with van der Waals surface area (Å²) in [6.45, 7) is 2.41. The lowest BCUT2D eigenvalue weighted by Gasteiger charge is -2.34. The number of amides is 1. The summed E-state index contributed by atoms with van der Waals surface area (Å²) in [5, 5.41) is 0. The molecule has 4 rings (SSSR count). The lowest BCUT2D eigenvalue weighted by Crippen LogP contribution is -2.50. The highest BCUT2D eigenvalue weighted by molar-refractivity contribution is 7.89.